The normalized spacial score (nSPS) is 34.8. The fraction of sp³-hybridized carbons (Fsp3) is 0.917. The lowest BCUT2D eigenvalue weighted by atomic mass is 9.65. The Kier molecular flexibility index (Phi) is 3.04. The van der Waals surface area contributed by atoms with E-state index >= 15 is 0 Å². The molecule has 1 aliphatic heterocycles. The molecule has 0 unspecified atom stereocenters. The molecular weight excluding hydrogens is 263 g/mol. The van der Waals surface area contributed by atoms with Gasteiger partial charge in [-0.15, -0.1) is 0 Å². The van der Waals surface area contributed by atoms with Crippen molar-refractivity contribution in [2.45, 2.75) is 57.0 Å². The lowest BCUT2D eigenvalue weighted by Crippen LogP contribution is -2.66. The zero-order valence-electron chi connectivity index (χ0n) is 11.1. The van der Waals surface area contributed by atoms with Crippen LogP contribution in [-0.4, -0.2) is 46.1 Å². The van der Waals surface area contributed by atoms with Crippen LogP contribution in [0.4, 0.5) is 18.0 Å². The fourth-order valence-corrected chi connectivity index (χ4v) is 2.85. The van der Waals surface area contributed by atoms with E-state index in [9.17, 15) is 23.1 Å². The van der Waals surface area contributed by atoms with Gasteiger partial charge in [0, 0.05) is 24.9 Å². The van der Waals surface area contributed by atoms with Crippen molar-refractivity contribution in [3.05, 3.63) is 0 Å². The first-order valence-corrected chi connectivity index (χ1v) is 6.24. The topological polar surface area (TPSA) is 49.8 Å². The Bertz CT molecular complexity index is 391. The van der Waals surface area contributed by atoms with Gasteiger partial charge in [0.05, 0.1) is 0 Å². The second kappa shape index (κ2) is 4.01. The molecule has 2 fully saturated rings. The van der Waals surface area contributed by atoms with E-state index in [1.165, 1.54) is 4.90 Å². The minimum atomic E-state index is -4.64. The van der Waals surface area contributed by atoms with Crippen LogP contribution in [0.3, 0.4) is 0 Å². The Hall–Kier alpha value is -0.980. The van der Waals surface area contributed by atoms with Gasteiger partial charge >= 0.3 is 12.3 Å². The second-order valence-electron chi connectivity index (χ2n) is 6.26. The van der Waals surface area contributed by atoms with Crippen LogP contribution in [0.15, 0.2) is 0 Å². The number of likely N-dealkylation sites (tertiary alicyclic amines) is 1. The standard InChI is InChI=1S/C12H18F3NO3/c1-10(2,3)19-9(17)16-5-4-7-8(16)6-11(7,18)12(13,14)15/h7-8,18H,4-6H2,1-3H3/t7-,8-,11+/m1/s1. The highest BCUT2D eigenvalue weighted by atomic mass is 19.4. The molecule has 2 rings (SSSR count). The van der Waals surface area contributed by atoms with Crippen LogP contribution >= 0.6 is 0 Å². The van der Waals surface area contributed by atoms with E-state index in [0.29, 0.717) is 0 Å². The lowest BCUT2D eigenvalue weighted by molar-refractivity contribution is -0.316. The molecule has 1 saturated carbocycles. The van der Waals surface area contributed by atoms with E-state index in [1.807, 2.05) is 0 Å². The van der Waals surface area contributed by atoms with Crippen molar-refractivity contribution < 1.29 is 27.8 Å². The molecule has 1 saturated heterocycles. The molecule has 0 aromatic carbocycles. The number of hydrogen-bond donors (Lipinski definition) is 1. The minimum absolute atomic E-state index is 0.153. The number of carbonyl (C=O) groups excluding carboxylic acids is 1. The summed E-state index contributed by atoms with van der Waals surface area (Å²) in [6, 6.07) is -0.568. The first-order valence-electron chi connectivity index (χ1n) is 6.24. The number of fused-ring (bicyclic) bond motifs is 1. The van der Waals surface area contributed by atoms with E-state index in [1.54, 1.807) is 20.8 Å². The number of carbonyl (C=O) groups is 1. The average molecular weight is 281 g/mol. The number of aliphatic hydroxyl groups is 1. The van der Waals surface area contributed by atoms with Crippen molar-refractivity contribution in [3.63, 3.8) is 0 Å². The van der Waals surface area contributed by atoms with Crippen molar-refractivity contribution >= 4 is 6.09 Å². The Morgan fingerprint density at radius 2 is 1.95 bits per heavy atom. The zero-order chi connectivity index (χ0) is 14.6. The van der Waals surface area contributed by atoms with E-state index in [0.717, 1.165) is 0 Å². The molecule has 19 heavy (non-hydrogen) atoms. The largest absolute Gasteiger partial charge is 0.444 e. The molecule has 0 aromatic heterocycles. The highest BCUT2D eigenvalue weighted by Crippen LogP contribution is 2.55. The van der Waals surface area contributed by atoms with Crippen molar-refractivity contribution in [2.75, 3.05) is 6.54 Å². The second-order valence-corrected chi connectivity index (χ2v) is 6.26. The molecule has 0 spiro atoms. The van der Waals surface area contributed by atoms with E-state index < -0.39 is 41.9 Å². The summed E-state index contributed by atoms with van der Waals surface area (Å²) in [5, 5.41) is 9.65. The smallest absolute Gasteiger partial charge is 0.417 e. The molecule has 110 valence electrons. The predicted octanol–water partition coefficient (Wildman–Crippen LogP) is 2.31. The lowest BCUT2D eigenvalue weighted by Gasteiger charge is -2.50. The molecule has 1 amide bonds. The van der Waals surface area contributed by atoms with Gasteiger partial charge in [-0.1, -0.05) is 0 Å². The van der Waals surface area contributed by atoms with Gasteiger partial charge in [0.25, 0.3) is 0 Å². The van der Waals surface area contributed by atoms with Crippen LogP contribution in [0.25, 0.3) is 0 Å². The van der Waals surface area contributed by atoms with Crippen molar-refractivity contribution in [1.29, 1.82) is 0 Å². The first-order chi connectivity index (χ1) is 8.46. The van der Waals surface area contributed by atoms with Crippen LogP contribution in [-0.2, 0) is 4.74 Å². The molecule has 1 heterocycles. The third-order valence-corrected chi connectivity index (χ3v) is 3.80. The number of halogens is 3. The van der Waals surface area contributed by atoms with Gasteiger partial charge in [-0.3, -0.25) is 0 Å². The molecule has 0 bridgehead atoms. The maximum atomic E-state index is 12.7. The zero-order valence-corrected chi connectivity index (χ0v) is 11.1. The number of hydrogen-bond acceptors (Lipinski definition) is 3. The van der Waals surface area contributed by atoms with Gasteiger partial charge < -0.3 is 14.7 Å². The summed E-state index contributed by atoms with van der Waals surface area (Å²) in [6.07, 6.45) is -5.55. The predicted molar refractivity (Wildman–Crippen MR) is 60.5 cm³/mol. The molecule has 1 aliphatic carbocycles. The van der Waals surface area contributed by atoms with Crippen LogP contribution < -0.4 is 0 Å². The van der Waals surface area contributed by atoms with Gasteiger partial charge in [0.2, 0.25) is 0 Å². The van der Waals surface area contributed by atoms with E-state index in [-0.39, 0.29) is 13.0 Å². The van der Waals surface area contributed by atoms with Crippen molar-refractivity contribution in [3.8, 4) is 0 Å². The van der Waals surface area contributed by atoms with Gasteiger partial charge in [-0.05, 0) is 27.2 Å². The quantitative estimate of drug-likeness (QED) is 0.741. The highest BCUT2D eigenvalue weighted by Gasteiger charge is 2.71. The number of rotatable bonds is 0. The Morgan fingerprint density at radius 3 is 2.42 bits per heavy atom. The number of alkyl halides is 3. The van der Waals surface area contributed by atoms with Crippen molar-refractivity contribution in [1.82, 2.24) is 4.90 Å². The van der Waals surface area contributed by atoms with Crippen LogP contribution in [0.5, 0.6) is 0 Å². The molecular formula is C12H18F3NO3. The summed E-state index contributed by atoms with van der Waals surface area (Å²) in [5.41, 5.74) is -3.33. The molecule has 0 radical (unpaired) electrons. The Balaban J connectivity index is 2.03. The van der Waals surface area contributed by atoms with Gasteiger partial charge in [-0.2, -0.15) is 13.2 Å². The fourth-order valence-electron chi connectivity index (χ4n) is 2.85. The molecule has 3 atom stereocenters. The van der Waals surface area contributed by atoms with Gasteiger partial charge in [0.1, 0.15) is 5.60 Å². The van der Waals surface area contributed by atoms with E-state index in [4.69, 9.17) is 4.74 Å². The summed E-state index contributed by atoms with van der Waals surface area (Å²) in [7, 11) is 0. The van der Waals surface area contributed by atoms with Gasteiger partial charge in [-0.25, -0.2) is 4.79 Å². The average Bonchev–Trinajstić information content (AvgIpc) is 2.50. The summed E-state index contributed by atoms with van der Waals surface area (Å²) in [5.74, 6) is -0.931. The van der Waals surface area contributed by atoms with Crippen molar-refractivity contribution in [2.24, 2.45) is 5.92 Å². The summed E-state index contributed by atoms with van der Waals surface area (Å²) >= 11 is 0. The summed E-state index contributed by atoms with van der Waals surface area (Å²) < 4.78 is 43.4. The van der Waals surface area contributed by atoms with Gasteiger partial charge in [0.15, 0.2) is 5.60 Å². The number of ether oxygens (including phenoxy) is 1. The van der Waals surface area contributed by atoms with Crippen LogP contribution in [0.2, 0.25) is 0 Å². The monoisotopic (exact) mass is 281 g/mol. The molecule has 0 aromatic rings. The third kappa shape index (κ3) is 2.28. The van der Waals surface area contributed by atoms with E-state index in [2.05, 4.69) is 0 Å². The third-order valence-electron chi connectivity index (χ3n) is 3.80. The maximum Gasteiger partial charge on any atom is 0.417 e. The molecule has 1 N–H and O–H groups in total. The summed E-state index contributed by atoms with van der Waals surface area (Å²) in [6.45, 7) is 5.30. The number of amides is 1. The first kappa shape index (κ1) is 14.4. The SMILES string of the molecule is CC(C)(C)OC(=O)N1CC[C@@H]2[C@H]1C[C@@]2(O)C(F)(F)F. The molecule has 4 nitrogen and oxygen atoms in total. The molecule has 7 heteroatoms. The minimum Gasteiger partial charge on any atom is -0.444 e. The van der Waals surface area contributed by atoms with Crippen LogP contribution in [0, 0.1) is 5.92 Å². The highest BCUT2D eigenvalue weighted by molar-refractivity contribution is 5.69. The summed E-state index contributed by atoms with van der Waals surface area (Å²) in [4.78, 5) is 13.2. The van der Waals surface area contributed by atoms with Crippen LogP contribution in [0.1, 0.15) is 33.6 Å². The maximum absolute atomic E-state index is 12.7. The number of nitrogens with zero attached hydrogens (tertiary/aromatic N) is 1. The Labute approximate surface area is 109 Å². The molecule has 2 aliphatic rings. The Morgan fingerprint density at radius 1 is 1.37 bits per heavy atom.